The van der Waals surface area contributed by atoms with Crippen LogP contribution in [-0.2, 0) is 6.54 Å². The van der Waals surface area contributed by atoms with E-state index in [2.05, 4.69) is 59.9 Å². The molecule has 0 aliphatic heterocycles. The van der Waals surface area contributed by atoms with E-state index in [0.29, 0.717) is 11.5 Å². The average molecular weight is 285 g/mol. The lowest BCUT2D eigenvalue weighted by molar-refractivity contribution is 0.167. The van der Waals surface area contributed by atoms with Crippen LogP contribution in [0.15, 0.2) is 24.3 Å². The highest BCUT2D eigenvalue weighted by molar-refractivity contribution is 5.75. The SMILES string of the molecule is Cc1nc2ccccc2n1CCNC1CCCCC1(C)C. The summed E-state index contributed by atoms with van der Waals surface area (Å²) in [7, 11) is 0. The molecule has 3 nitrogen and oxygen atoms in total. The number of para-hydroxylation sites is 2. The van der Waals surface area contributed by atoms with E-state index in [9.17, 15) is 0 Å². The molecule has 2 aromatic rings. The maximum atomic E-state index is 4.64. The Labute approximate surface area is 127 Å². The number of fused-ring (bicyclic) bond motifs is 1. The standard InChI is InChI=1S/C18H27N3/c1-14-20-15-8-4-5-9-16(15)21(14)13-12-19-17-10-6-7-11-18(17,2)3/h4-5,8-9,17,19H,6-7,10-13H2,1-3H3. The summed E-state index contributed by atoms with van der Waals surface area (Å²) in [5.74, 6) is 1.11. The molecule has 0 radical (unpaired) electrons. The maximum absolute atomic E-state index is 4.64. The van der Waals surface area contributed by atoms with Gasteiger partial charge in [-0.2, -0.15) is 0 Å². The van der Waals surface area contributed by atoms with Crippen LogP contribution in [0.1, 0.15) is 45.4 Å². The predicted molar refractivity (Wildman–Crippen MR) is 88.5 cm³/mol. The van der Waals surface area contributed by atoms with E-state index in [0.717, 1.165) is 24.4 Å². The minimum atomic E-state index is 0.435. The molecule has 0 amide bonds. The van der Waals surface area contributed by atoms with Gasteiger partial charge in [0, 0.05) is 19.1 Å². The number of nitrogens with one attached hydrogen (secondary N) is 1. The van der Waals surface area contributed by atoms with Crippen LogP contribution in [0, 0.1) is 12.3 Å². The van der Waals surface area contributed by atoms with Crippen molar-refractivity contribution in [3.63, 3.8) is 0 Å². The van der Waals surface area contributed by atoms with Gasteiger partial charge in [0.1, 0.15) is 5.82 Å². The van der Waals surface area contributed by atoms with Crippen LogP contribution in [0.4, 0.5) is 0 Å². The van der Waals surface area contributed by atoms with Gasteiger partial charge in [0.25, 0.3) is 0 Å². The lowest BCUT2D eigenvalue weighted by atomic mass is 9.73. The molecule has 1 fully saturated rings. The number of nitrogens with zero attached hydrogens (tertiary/aromatic N) is 2. The van der Waals surface area contributed by atoms with Crippen molar-refractivity contribution in [3.05, 3.63) is 30.1 Å². The van der Waals surface area contributed by atoms with Gasteiger partial charge in [-0.1, -0.05) is 38.8 Å². The third kappa shape index (κ3) is 2.98. The van der Waals surface area contributed by atoms with Gasteiger partial charge in [0.05, 0.1) is 11.0 Å². The first-order valence-electron chi connectivity index (χ1n) is 8.23. The molecule has 1 aromatic heterocycles. The fourth-order valence-electron chi connectivity index (χ4n) is 3.70. The van der Waals surface area contributed by atoms with Crippen LogP contribution in [0.25, 0.3) is 11.0 Å². The second kappa shape index (κ2) is 5.80. The molecule has 21 heavy (non-hydrogen) atoms. The van der Waals surface area contributed by atoms with E-state index in [1.807, 2.05) is 0 Å². The van der Waals surface area contributed by atoms with E-state index in [1.54, 1.807) is 0 Å². The number of rotatable bonds is 4. The lowest BCUT2D eigenvalue weighted by Gasteiger charge is -2.39. The molecule has 0 bridgehead atoms. The summed E-state index contributed by atoms with van der Waals surface area (Å²) in [6.45, 7) is 8.93. The minimum Gasteiger partial charge on any atom is -0.327 e. The molecule has 1 saturated carbocycles. The van der Waals surface area contributed by atoms with Crippen molar-refractivity contribution in [2.24, 2.45) is 5.41 Å². The Morgan fingerprint density at radius 1 is 1.29 bits per heavy atom. The van der Waals surface area contributed by atoms with Crippen LogP contribution >= 0.6 is 0 Å². The summed E-state index contributed by atoms with van der Waals surface area (Å²) in [5.41, 5.74) is 2.79. The van der Waals surface area contributed by atoms with Crippen LogP contribution in [-0.4, -0.2) is 22.1 Å². The summed E-state index contributed by atoms with van der Waals surface area (Å²) in [6.07, 6.45) is 5.42. The monoisotopic (exact) mass is 285 g/mol. The Hall–Kier alpha value is -1.35. The molecule has 1 aliphatic rings. The first-order valence-corrected chi connectivity index (χ1v) is 8.23. The van der Waals surface area contributed by atoms with E-state index in [1.165, 1.54) is 31.2 Å². The Bertz CT molecular complexity index is 612. The van der Waals surface area contributed by atoms with Crippen molar-refractivity contribution in [2.75, 3.05) is 6.54 Å². The molecule has 0 saturated heterocycles. The zero-order chi connectivity index (χ0) is 14.9. The third-order valence-electron chi connectivity index (χ3n) is 5.08. The zero-order valence-corrected chi connectivity index (χ0v) is 13.5. The molecule has 1 heterocycles. The first kappa shape index (κ1) is 14.6. The molecule has 3 rings (SSSR count). The van der Waals surface area contributed by atoms with Crippen LogP contribution in [0.2, 0.25) is 0 Å². The highest BCUT2D eigenvalue weighted by Gasteiger charge is 2.31. The van der Waals surface area contributed by atoms with Crippen molar-refractivity contribution in [1.82, 2.24) is 14.9 Å². The number of hydrogen-bond donors (Lipinski definition) is 1. The topological polar surface area (TPSA) is 29.9 Å². The van der Waals surface area contributed by atoms with E-state index >= 15 is 0 Å². The van der Waals surface area contributed by atoms with Crippen molar-refractivity contribution >= 4 is 11.0 Å². The highest BCUT2D eigenvalue weighted by Crippen LogP contribution is 2.35. The van der Waals surface area contributed by atoms with Gasteiger partial charge in [-0.25, -0.2) is 4.98 Å². The van der Waals surface area contributed by atoms with Crippen LogP contribution in [0.3, 0.4) is 0 Å². The molecule has 1 atom stereocenters. The molecular formula is C18H27N3. The fraction of sp³-hybridized carbons (Fsp3) is 0.611. The van der Waals surface area contributed by atoms with Crippen molar-refractivity contribution in [1.29, 1.82) is 0 Å². The summed E-state index contributed by atoms with van der Waals surface area (Å²) in [5, 5.41) is 3.79. The van der Waals surface area contributed by atoms with Gasteiger partial charge >= 0.3 is 0 Å². The largest absolute Gasteiger partial charge is 0.327 e. The summed E-state index contributed by atoms with van der Waals surface area (Å²) >= 11 is 0. The van der Waals surface area contributed by atoms with Gasteiger partial charge in [-0.3, -0.25) is 0 Å². The quantitative estimate of drug-likeness (QED) is 0.923. The van der Waals surface area contributed by atoms with Gasteiger partial charge < -0.3 is 9.88 Å². The van der Waals surface area contributed by atoms with E-state index in [-0.39, 0.29) is 0 Å². The summed E-state index contributed by atoms with van der Waals surface area (Å²) < 4.78 is 2.33. The number of hydrogen-bond acceptors (Lipinski definition) is 2. The molecule has 3 heteroatoms. The molecular weight excluding hydrogens is 258 g/mol. The first-order chi connectivity index (χ1) is 10.1. The van der Waals surface area contributed by atoms with Gasteiger partial charge in [-0.05, 0) is 37.3 Å². The number of aryl methyl sites for hydroxylation is 1. The Morgan fingerprint density at radius 2 is 2.10 bits per heavy atom. The summed E-state index contributed by atoms with van der Waals surface area (Å²) in [6, 6.07) is 9.07. The molecule has 114 valence electrons. The zero-order valence-electron chi connectivity index (χ0n) is 13.5. The molecule has 0 spiro atoms. The van der Waals surface area contributed by atoms with Gasteiger partial charge in [0.15, 0.2) is 0 Å². The van der Waals surface area contributed by atoms with Crippen molar-refractivity contribution < 1.29 is 0 Å². The van der Waals surface area contributed by atoms with Gasteiger partial charge in [0.2, 0.25) is 0 Å². The molecule has 1 aliphatic carbocycles. The second-order valence-electron chi connectivity index (χ2n) is 7.04. The smallest absolute Gasteiger partial charge is 0.106 e. The maximum Gasteiger partial charge on any atom is 0.106 e. The lowest BCUT2D eigenvalue weighted by Crippen LogP contribution is -2.45. The molecule has 1 aromatic carbocycles. The Kier molecular flexibility index (Phi) is 4.03. The van der Waals surface area contributed by atoms with Gasteiger partial charge in [-0.15, -0.1) is 0 Å². The van der Waals surface area contributed by atoms with Crippen LogP contribution in [0.5, 0.6) is 0 Å². The number of benzene rings is 1. The fourth-order valence-corrected chi connectivity index (χ4v) is 3.70. The average Bonchev–Trinajstić information content (AvgIpc) is 2.77. The Morgan fingerprint density at radius 3 is 2.90 bits per heavy atom. The van der Waals surface area contributed by atoms with E-state index < -0.39 is 0 Å². The van der Waals surface area contributed by atoms with Crippen LogP contribution < -0.4 is 5.32 Å². The summed E-state index contributed by atoms with van der Waals surface area (Å²) in [4.78, 5) is 4.64. The van der Waals surface area contributed by atoms with Crippen molar-refractivity contribution in [2.45, 2.75) is 59.0 Å². The molecule has 1 N–H and O–H groups in total. The van der Waals surface area contributed by atoms with E-state index in [4.69, 9.17) is 0 Å². The highest BCUT2D eigenvalue weighted by atomic mass is 15.1. The normalized spacial score (nSPS) is 21.8. The Balaban J connectivity index is 1.65. The second-order valence-corrected chi connectivity index (χ2v) is 7.04. The third-order valence-corrected chi connectivity index (χ3v) is 5.08. The molecule has 1 unspecified atom stereocenters. The number of imidazole rings is 1. The van der Waals surface area contributed by atoms with Crippen molar-refractivity contribution in [3.8, 4) is 0 Å². The minimum absolute atomic E-state index is 0.435. The predicted octanol–water partition coefficient (Wildman–Crippen LogP) is 3.90. The number of aromatic nitrogens is 2.